The summed E-state index contributed by atoms with van der Waals surface area (Å²) in [5, 5.41) is 9.30. The molecule has 0 aliphatic carbocycles. The first-order valence-electron chi connectivity index (χ1n) is 6.02. The van der Waals surface area contributed by atoms with Gasteiger partial charge in [0.25, 0.3) is 0 Å². The number of rotatable bonds is 5. The molecule has 2 rings (SSSR count). The number of aromatic nitrogens is 2. The molecule has 0 spiro atoms. The molecule has 20 heavy (non-hydrogen) atoms. The lowest BCUT2D eigenvalue weighted by Crippen LogP contribution is -2.19. The first-order valence-corrected chi connectivity index (χ1v) is 6.02. The third-order valence-electron chi connectivity index (χ3n) is 2.52. The highest BCUT2D eigenvalue weighted by molar-refractivity contribution is 5.99. The van der Waals surface area contributed by atoms with Gasteiger partial charge in [-0.1, -0.05) is 0 Å². The Morgan fingerprint density at radius 2 is 2.00 bits per heavy atom. The zero-order valence-electron chi connectivity index (χ0n) is 11.0. The van der Waals surface area contributed by atoms with Gasteiger partial charge >= 0.3 is 6.03 Å². The molecule has 0 radical (unpaired) electrons. The number of methoxy groups -OCH3 is 1. The molecule has 1 aromatic carbocycles. The lowest BCUT2D eigenvalue weighted by Gasteiger charge is -2.05. The van der Waals surface area contributed by atoms with Gasteiger partial charge in [0.1, 0.15) is 5.82 Å². The van der Waals surface area contributed by atoms with Gasteiger partial charge in [-0.2, -0.15) is 5.10 Å². The average molecular weight is 278 g/mol. The lowest BCUT2D eigenvalue weighted by molar-refractivity contribution is 0.183. The number of benzene rings is 1. The van der Waals surface area contributed by atoms with Gasteiger partial charge in [-0.3, -0.25) is 4.68 Å². The molecule has 0 fully saturated rings. The fourth-order valence-corrected chi connectivity index (χ4v) is 1.56. The van der Waals surface area contributed by atoms with Crippen LogP contribution in [0, 0.1) is 5.82 Å². The van der Waals surface area contributed by atoms with Gasteiger partial charge in [0.2, 0.25) is 0 Å². The topological polar surface area (TPSA) is 68.2 Å². The van der Waals surface area contributed by atoms with Crippen LogP contribution < -0.4 is 10.6 Å². The van der Waals surface area contributed by atoms with Crippen LogP contribution in [0.25, 0.3) is 0 Å². The smallest absolute Gasteiger partial charge is 0.323 e. The van der Waals surface area contributed by atoms with E-state index in [1.165, 1.54) is 24.3 Å². The molecule has 6 nitrogen and oxygen atoms in total. The SMILES string of the molecule is COCCn1cc(NC(=O)Nc2ccc(F)cc2)cn1. The molecule has 2 aromatic rings. The minimum Gasteiger partial charge on any atom is -0.383 e. The Morgan fingerprint density at radius 3 is 2.70 bits per heavy atom. The van der Waals surface area contributed by atoms with Gasteiger partial charge in [-0.25, -0.2) is 9.18 Å². The number of hydrogen-bond acceptors (Lipinski definition) is 3. The third kappa shape index (κ3) is 4.06. The minimum absolute atomic E-state index is 0.352. The molecule has 2 N–H and O–H groups in total. The third-order valence-corrected chi connectivity index (χ3v) is 2.52. The highest BCUT2D eigenvalue weighted by Gasteiger charge is 2.05. The van der Waals surface area contributed by atoms with Crippen LogP contribution in [0.1, 0.15) is 0 Å². The van der Waals surface area contributed by atoms with Crippen LogP contribution >= 0.6 is 0 Å². The largest absolute Gasteiger partial charge is 0.383 e. The number of nitrogens with zero attached hydrogens (tertiary/aromatic N) is 2. The first kappa shape index (κ1) is 14.0. The maximum Gasteiger partial charge on any atom is 0.323 e. The molecule has 0 aliphatic rings. The van der Waals surface area contributed by atoms with Gasteiger partial charge < -0.3 is 15.4 Å². The summed E-state index contributed by atoms with van der Waals surface area (Å²) in [4.78, 5) is 11.7. The Morgan fingerprint density at radius 1 is 1.30 bits per heavy atom. The van der Waals surface area contributed by atoms with Gasteiger partial charge in [0.05, 0.1) is 25.0 Å². The standard InChI is InChI=1S/C13H15FN4O2/c1-20-7-6-18-9-12(8-15-18)17-13(19)16-11-4-2-10(14)3-5-11/h2-5,8-9H,6-7H2,1H3,(H2,16,17,19). The van der Waals surface area contributed by atoms with Crippen molar-refractivity contribution < 1.29 is 13.9 Å². The van der Waals surface area contributed by atoms with E-state index in [1.54, 1.807) is 24.2 Å². The molecular formula is C13H15FN4O2. The molecular weight excluding hydrogens is 263 g/mol. The molecule has 0 atom stereocenters. The summed E-state index contributed by atoms with van der Waals surface area (Å²) < 4.78 is 19.3. The normalized spacial score (nSPS) is 10.3. The highest BCUT2D eigenvalue weighted by atomic mass is 19.1. The van der Waals surface area contributed by atoms with Crippen molar-refractivity contribution >= 4 is 17.4 Å². The molecule has 0 unspecified atom stereocenters. The van der Waals surface area contributed by atoms with Gasteiger partial charge in [0.15, 0.2) is 0 Å². The van der Waals surface area contributed by atoms with E-state index in [4.69, 9.17) is 4.74 Å². The summed E-state index contributed by atoms with van der Waals surface area (Å²) in [6, 6.07) is 5.10. The average Bonchev–Trinajstić information content (AvgIpc) is 2.86. The molecule has 1 aromatic heterocycles. The number of hydrogen-bond donors (Lipinski definition) is 2. The second-order valence-corrected chi connectivity index (χ2v) is 4.07. The van der Waals surface area contributed by atoms with E-state index in [0.717, 1.165) is 0 Å². The number of anilines is 2. The molecule has 0 saturated heterocycles. The van der Waals surface area contributed by atoms with Gasteiger partial charge in [0, 0.05) is 19.0 Å². The van der Waals surface area contributed by atoms with Crippen LogP contribution in [0.4, 0.5) is 20.6 Å². The van der Waals surface area contributed by atoms with Crippen molar-refractivity contribution in [1.29, 1.82) is 0 Å². The van der Waals surface area contributed by atoms with Crippen LogP contribution in [0.3, 0.4) is 0 Å². The van der Waals surface area contributed by atoms with Crippen molar-refractivity contribution in [1.82, 2.24) is 9.78 Å². The molecule has 7 heteroatoms. The predicted molar refractivity (Wildman–Crippen MR) is 73.1 cm³/mol. The Labute approximate surface area is 115 Å². The number of carbonyl (C=O) groups is 1. The summed E-state index contributed by atoms with van der Waals surface area (Å²) in [5.41, 5.74) is 1.08. The fourth-order valence-electron chi connectivity index (χ4n) is 1.56. The fraction of sp³-hybridized carbons (Fsp3) is 0.231. The maximum absolute atomic E-state index is 12.7. The van der Waals surface area contributed by atoms with E-state index in [2.05, 4.69) is 15.7 Å². The van der Waals surface area contributed by atoms with E-state index >= 15 is 0 Å². The summed E-state index contributed by atoms with van der Waals surface area (Å²) in [7, 11) is 1.61. The number of ether oxygens (including phenoxy) is 1. The highest BCUT2D eigenvalue weighted by Crippen LogP contribution is 2.10. The van der Waals surface area contributed by atoms with Crippen LogP contribution in [-0.2, 0) is 11.3 Å². The van der Waals surface area contributed by atoms with Crippen molar-refractivity contribution in [3.8, 4) is 0 Å². The monoisotopic (exact) mass is 278 g/mol. The number of amides is 2. The second kappa shape index (κ2) is 6.67. The minimum atomic E-state index is -0.414. The molecule has 1 heterocycles. The van der Waals surface area contributed by atoms with Crippen molar-refractivity contribution in [2.45, 2.75) is 6.54 Å². The van der Waals surface area contributed by atoms with E-state index in [9.17, 15) is 9.18 Å². The molecule has 0 bridgehead atoms. The van der Waals surface area contributed by atoms with Gasteiger partial charge in [-0.05, 0) is 24.3 Å². The van der Waals surface area contributed by atoms with Crippen LogP contribution in [0.5, 0.6) is 0 Å². The summed E-state index contributed by atoms with van der Waals surface area (Å²) in [5.74, 6) is -0.352. The first-order chi connectivity index (χ1) is 9.67. The van der Waals surface area contributed by atoms with Crippen molar-refractivity contribution in [2.24, 2.45) is 0 Å². The van der Waals surface area contributed by atoms with Crippen LogP contribution in [0.15, 0.2) is 36.7 Å². The Hall–Kier alpha value is -2.41. The summed E-state index contributed by atoms with van der Waals surface area (Å²) in [6.07, 6.45) is 3.24. The molecule has 2 amide bonds. The van der Waals surface area contributed by atoms with Crippen LogP contribution in [0.2, 0.25) is 0 Å². The number of urea groups is 1. The zero-order valence-corrected chi connectivity index (χ0v) is 11.0. The molecule has 0 saturated carbocycles. The Bertz CT molecular complexity index is 568. The van der Waals surface area contributed by atoms with Crippen molar-refractivity contribution in [2.75, 3.05) is 24.4 Å². The summed E-state index contributed by atoms with van der Waals surface area (Å²) in [6.45, 7) is 1.15. The molecule has 0 aliphatic heterocycles. The zero-order chi connectivity index (χ0) is 14.4. The van der Waals surface area contributed by atoms with E-state index in [-0.39, 0.29) is 5.82 Å². The van der Waals surface area contributed by atoms with E-state index in [0.29, 0.717) is 24.5 Å². The second-order valence-electron chi connectivity index (χ2n) is 4.07. The van der Waals surface area contributed by atoms with E-state index in [1.807, 2.05) is 0 Å². The Kier molecular flexibility index (Phi) is 4.67. The van der Waals surface area contributed by atoms with E-state index < -0.39 is 6.03 Å². The van der Waals surface area contributed by atoms with Crippen LogP contribution in [-0.4, -0.2) is 29.5 Å². The quantitative estimate of drug-likeness (QED) is 0.882. The Balaban J connectivity index is 1.87. The lowest BCUT2D eigenvalue weighted by atomic mass is 10.3. The number of nitrogens with one attached hydrogen (secondary N) is 2. The van der Waals surface area contributed by atoms with Gasteiger partial charge in [-0.15, -0.1) is 0 Å². The summed E-state index contributed by atoms with van der Waals surface area (Å²) >= 11 is 0. The van der Waals surface area contributed by atoms with Crippen molar-refractivity contribution in [3.63, 3.8) is 0 Å². The predicted octanol–water partition coefficient (Wildman–Crippen LogP) is 2.31. The maximum atomic E-state index is 12.7. The number of carbonyl (C=O) groups excluding carboxylic acids is 1. The number of halogens is 1. The van der Waals surface area contributed by atoms with Crippen molar-refractivity contribution in [3.05, 3.63) is 42.5 Å². The molecule has 106 valence electrons.